The number of nitrogens with zero attached hydrogens (tertiary/aromatic N) is 15. The van der Waals surface area contributed by atoms with Crippen LogP contribution in [0.15, 0.2) is 152 Å². The van der Waals surface area contributed by atoms with Crippen molar-refractivity contribution in [1.82, 2.24) is 61.2 Å². The quantitative estimate of drug-likeness (QED) is 0.0291. The molecule has 0 radical (unpaired) electrons. The number of ketones is 2. The number of Topliss-reactive ketones (excluding diaryl/α,β-unsaturated/α-hetero) is 2. The molecule has 4 amide bonds. The van der Waals surface area contributed by atoms with E-state index in [9.17, 15) is 28.8 Å². The summed E-state index contributed by atoms with van der Waals surface area (Å²) in [5.41, 5.74) is 4.84. The molecule has 5 N–H and O–H groups in total. The third kappa shape index (κ3) is 24.1. The van der Waals surface area contributed by atoms with Gasteiger partial charge < -0.3 is 46.0 Å². The van der Waals surface area contributed by atoms with Crippen molar-refractivity contribution in [2.75, 3.05) is 80.6 Å². The normalized spacial score (nSPS) is 14.7. The van der Waals surface area contributed by atoms with E-state index in [1.54, 1.807) is 11.3 Å². The highest BCUT2D eigenvalue weighted by atomic mass is 32.1. The Balaban J connectivity index is 0.000000143. The number of carbonyl (C=O) groups excluding carboxylic acids is 6. The van der Waals surface area contributed by atoms with Gasteiger partial charge in [0.05, 0.1) is 38.5 Å². The zero-order valence-corrected chi connectivity index (χ0v) is 63.9. The fraction of sp³-hybridized carbons (Fsp3) is 0.360. The number of carbonyl (C=O) groups is 6. The van der Waals surface area contributed by atoms with E-state index in [1.807, 2.05) is 152 Å². The van der Waals surface area contributed by atoms with Gasteiger partial charge in [0.2, 0.25) is 64.7 Å². The molecule has 9 heterocycles. The van der Waals surface area contributed by atoms with Crippen molar-refractivity contribution >= 4 is 144 Å². The number of hydrogen-bond acceptors (Lipinski definition) is 29. The van der Waals surface area contributed by atoms with Gasteiger partial charge in [-0.25, -0.2) is 0 Å². The number of piperidine rings is 3. The van der Waals surface area contributed by atoms with E-state index in [1.165, 1.54) is 69.5 Å². The molecule has 108 heavy (non-hydrogen) atoms. The Labute approximate surface area is 647 Å². The van der Waals surface area contributed by atoms with E-state index in [-0.39, 0.29) is 53.8 Å². The number of hydrogen-bond donors (Lipinski definition) is 5. The Morgan fingerprint density at radius 1 is 0.333 bits per heavy atom. The molecular formula is C75H80N20O7S6. The third-order valence-corrected chi connectivity index (χ3v) is 23.2. The fourth-order valence-corrected chi connectivity index (χ4v) is 17.3. The Hall–Kier alpha value is -10.3. The van der Waals surface area contributed by atoms with Crippen molar-refractivity contribution in [2.24, 2.45) is 11.8 Å². The largest absolute Gasteiger partial charge is 0.465 e. The minimum Gasteiger partial charge on any atom is -0.465 e. The summed E-state index contributed by atoms with van der Waals surface area (Å²) in [6.07, 6.45) is 11.8. The van der Waals surface area contributed by atoms with Crippen molar-refractivity contribution in [3.63, 3.8) is 0 Å². The van der Waals surface area contributed by atoms with E-state index in [4.69, 9.17) is 4.74 Å². The molecule has 6 aromatic heterocycles. The summed E-state index contributed by atoms with van der Waals surface area (Å²) in [6, 6.07) is 48.5. The van der Waals surface area contributed by atoms with Gasteiger partial charge in [0, 0.05) is 77.4 Å². The molecule has 558 valence electrons. The molecular weight excluding hydrogens is 1490 g/mol. The fourth-order valence-electron chi connectivity index (χ4n) is 12.3. The molecule has 0 bridgehead atoms. The molecule has 27 nitrogen and oxygen atoms in total. The minimum absolute atomic E-state index is 0.00460. The van der Waals surface area contributed by atoms with E-state index in [2.05, 4.69) is 102 Å². The molecule has 5 aromatic carbocycles. The van der Waals surface area contributed by atoms with Gasteiger partial charge in [0.15, 0.2) is 0 Å². The summed E-state index contributed by atoms with van der Waals surface area (Å²) in [7, 11) is 0. The molecule has 1 aliphatic carbocycles. The van der Waals surface area contributed by atoms with Gasteiger partial charge in [-0.1, -0.05) is 202 Å². The maximum absolute atomic E-state index is 12.4. The molecule has 4 fully saturated rings. The van der Waals surface area contributed by atoms with Crippen LogP contribution in [0.25, 0.3) is 0 Å². The van der Waals surface area contributed by atoms with Crippen LogP contribution in [-0.4, -0.2) is 148 Å². The summed E-state index contributed by atoms with van der Waals surface area (Å²) in [4.78, 5) is 80.2. The second kappa shape index (κ2) is 38.5. The Morgan fingerprint density at radius 3 is 1.19 bits per heavy atom. The van der Waals surface area contributed by atoms with Crippen molar-refractivity contribution < 1.29 is 33.5 Å². The Morgan fingerprint density at radius 2 is 0.704 bits per heavy atom. The molecule has 0 unspecified atom stereocenters. The number of anilines is 8. The van der Waals surface area contributed by atoms with Crippen molar-refractivity contribution in [3.8, 4) is 5.19 Å². The van der Waals surface area contributed by atoms with Crippen LogP contribution in [0.1, 0.15) is 101 Å². The second-order valence-corrected chi connectivity index (χ2v) is 32.6. The van der Waals surface area contributed by atoms with Crippen LogP contribution in [0.3, 0.4) is 0 Å². The van der Waals surface area contributed by atoms with Crippen LogP contribution >= 0.6 is 68.0 Å². The number of benzene rings is 5. The highest BCUT2D eigenvalue weighted by Crippen LogP contribution is 2.35. The molecule has 11 aromatic rings. The number of ether oxygens (including phenoxy) is 1. The van der Waals surface area contributed by atoms with E-state index < -0.39 is 0 Å². The second-order valence-electron chi connectivity index (χ2n) is 26.6. The predicted molar refractivity (Wildman–Crippen MR) is 423 cm³/mol. The van der Waals surface area contributed by atoms with Crippen molar-refractivity contribution in [3.05, 3.63) is 194 Å². The number of rotatable bonds is 29. The standard InChI is InChI=1S/C27H28N6O2S2.C25H25N7O3S2.C23H27N7O2S2/c34-22(15-19-7-3-1-4-8-19)18-25-30-29-24(36-25)17-21-11-13-33(14-12-21)27-32-31-26(37-27)28-23(35)16-20-9-5-2-6-10-20;33-20(15-17-7-3-1-4-8-17)26-22-28-30-24(36-22)32-13-11-19(12-14-32)35-25-31-29-23(37-25)27-21(34)16-18-9-5-2-6-10-18;31-18(12-16-6-7-16)14-20-26-29-23(33-20)30-10-8-17(9-11-30)24-21-27-28-22(34-21)25-19(32)13-15-4-2-1-3-5-15/h1-10,21H,11-18H2,(H,28,31,35);1-10,19H,11-16H2,(H,26,28,33)(H,27,29,34);1-5,16-17H,6-14H2,(H,24,27)(H,25,28,32). The van der Waals surface area contributed by atoms with Crippen LogP contribution in [0.5, 0.6) is 5.19 Å². The smallest absolute Gasteiger partial charge is 0.296 e. The van der Waals surface area contributed by atoms with Gasteiger partial charge in [-0.05, 0) is 89.5 Å². The van der Waals surface area contributed by atoms with Crippen LogP contribution < -0.4 is 46.0 Å². The maximum Gasteiger partial charge on any atom is 0.296 e. The average molecular weight is 1570 g/mol. The highest BCUT2D eigenvalue weighted by Gasteiger charge is 2.29. The number of nitrogens with one attached hydrogen (secondary N) is 5. The van der Waals surface area contributed by atoms with Gasteiger partial charge in [-0.2, -0.15) is 0 Å². The molecule has 0 atom stereocenters. The van der Waals surface area contributed by atoms with Gasteiger partial charge in [0.25, 0.3) is 5.19 Å². The lowest BCUT2D eigenvalue weighted by atomic mass is 9.94. The van der Waals surface area contributed by atoms with Crippen LogP contribution in [0.2, 0.25) is 0 Å². The monoisotopic (exact) mass is 1560 g/mol. The molecule has 33 heteroatoms. The third-order valence-electron chi connectivity index (χ3n) is 18.0. The first-order valence-electron chi connectivity index (χ1n) is 35.9. The zero-order valence-electron chi connectivity index (χ0n) is 59.0. The first kappa shape index (κ1) is 75.9. The van der Waals surface area contributed by atoms with Crippen LogP contribution in [-0.2, 0) is 80.1 Å². The van der Waals surface area contributed by atoms with Gasteiger partial charge in [-0.3, -0.25) is 28.8 Å². The van der Waals surface area contributed by atoms with Crippen molar-refractivity contribution in [1.29, 1.82) is 0 Å². The predicted octanol–water partition coefficient (Wildman–Crippen LogP) is 11.7. The van der Waals surface area contributed by atoms with Crippen molar-refractivity contribution in [2.45, 2.75) is 121 Å². The Kier molecular flexibility index (Phi) is 27.0. The SMILES string of the molecule is O=C(Cc1ccccc1)Cc1nnc(CC2CCN(c3nnc(NC(=O)Cc4ccccc4)s3)CC2)s1.O=C(Cc1ccccc1)Nc1nnc(OC2CCN(c3nnc(NC(=O)Cc4ccccc4)s3)CC2)s1.O=C(Cc1nnc(N2CCC(Nc3nnc(NC(=O)Cc4ccccc4)s3)CC2)s1)CC1CC1. The molecule has 3 aliphatic heterocycles. The minimum atomic E-state index is -0.144. The van der Waals surface area contributed by atoms with Gasteiger partial charge in [-0.15, -0.1) is 67.4 Å². The van der Waals surface area contributed by atoms with Crippen LogP contribution in [0.4, 0.5) is 41.1 Å². The molecule has 4 aliphatic rings. The lowest BCUT2D eigenvalue weighted by molar-refractivity contribution is -0.119. The molecule has 15 rings (SSSR count). The maximum atomic E-state index is 12.4. The van der Waals surface area contributed by atoms with Gasteiger partial charge >= 0.3 is 0 Å². The summed E-state index contributed by atoms with van der Waals surface area (Å²) in [5.74, 6) is 1.12. The summed E-state index contributed by atoms with van der Waals surface area (Å²) >= 11 is 8.43. The van der Waals surface area contributed by atoms with E-state index in [0.29, 0.717) is 87.6 Å². The molecule has 0 spiro atoms. The zero-order chi connectivity index (χ0) is 74.2. The first-order valence-corrected chi connectivity index (χ1v) is 40.8. The summed E-state index contributed by atoms with van der Waals surface area (Å²) < 4.78 is 6.01. The van der Waals surface area contributed by atoms with Crippen LogP contribution in [0, 0.1) is 11.8 Å². The summed E-state index contributed by atoms with van der Waals surface area (Å²) in [5, 5.41) is 73.3. The molecule has 1 saturated carbocycles. The average Bonchev–Trinajstić information content (AvgIpc) is 1.69. The van der Waals surface area contributed by atoms with E-state index >= 15 is 0 Å². The topological polar surface area (TPSA) is 336 Å². The highest BCUT2D eigenvalue weighted by molar-refractivity contribution is 7.20. The number of aromatic nitrogens is 12. The lowest BCUT2D eigenvalue weighted by Crippen LogP contribution is -2.39. The molecule has 3 saturated heterocycles. The first-order chi connectivity index (χ1) is 52.8. The number of amides is 4. The lowest BCUT2D eigenvalue weighted by Gasteiger charge is -2.31. The summed E-state index contributed by atoms with van der Waals surface area (Å²) in [6.45, 7) is 4.99. The Bertz CT molecular complexity index is 4490. The van der Waals surface area contributed by atoms with E-state index in [0.717, 1.165) is 142 Å². The van der Waals surface area contributed by atoms with Gasteiger partial charge in [0.1, 0.15) is 32.7 Å².